The van der Waals surface area contributed by atoms with Gasteiger partial charge in [0.25, 0.3) is 5.91 Å². The van der Waals surface area contributed by atoms with Crippen LogP contribution >= 0.6 is 0 Å². The number of fused-ring (bicyclic) bond motifs is 1. The highest BCUT2D eigenvalue weighted by Gasteiger charge is 2.16. The van der Waals surface area contributed by atoms with Crippen molar-refractivity contribution < 1.29 is 19.1 Å². The van der Waals surface area contributed by atoms with Crippen molar-refractivity contribution >= 4 is 22.8 Å². The summed E-state index contributed by atoms with van der Waals surface area (Å²) in [6, 6.07) is 5.59. The van der Waals surface area contributed by atoms with Crippen LogP contribution in [0.3, 0.4) is 0 Å². The quantitative estimate of drug-likeness (QED) is 0.856. The van der Waals surface area contributed by atoms with Crippen molar-refractivity contribution in [1.82, 2.24) is 5.32 Å². The van der Waals surface area contributed by atoms with Crippen LogP contribution in [0.4, 0.5) is 0 Å². The van der Waals surface area contributed by atoms with Crippen molar-refractivity contribution in [3.8, 4) is 0 Å². The van der Waals surface area contributed by atoms with E-state index in [9.17, 15) is 9.59 Å². The Bertz CT molecular complexity index is 659. The summed E-state index contributed by atoms with van der Waals surface area (Å²) in [7, 11) is 0. The van der Waals surface area contributed by atoms with Crippen LogP contribution in [0.1, 0.15) is 42.6 Å². The molecule has 2 N–H and O–H groups in total. The van der Waals surface area contributed by atoms with Crippen molar-refractivity contribution in [3.05, 3.63) is 35.6 Å². The van der Waals surface area contributed by atoms with Gasteiger partial charge in [-0.3, -0.25) is 9.59 Å². The number of carbonyl (C=O) groups is 2. The summed E-state index contributed by atoms with van der Waals surface area (Å²) >= 11 is 0. The lowest BCUT2D eigenvalue weighted by molar-refractivity contribution is -0.137. The third-order valence-electron chi connectivity index (χ3n) is 3.46. The van der Waals surface area contributed by atoms with E-state index in [2.05, 4.69) is 12.2 Å². The molecule has 5 heteroatoms. The zero-order valence-electron chi connectivity index (χ0n) is 12.2. The topological polar surface area (TPSA) is 79.5 Å². The van der Waals surface area contributed by atoms with Crippen molar-refractivity contribution in [2.45, 2.75) is 39.2 Å². The molecule has 0 spiro atoms. The number of aryl methyl sites for hydroxylation is 1. The fourth-order valence-corrected chi connectivity index (χ4v) is 2.19. The highest BCUT2D eigenvalue weighted by molar-refractivity contribution is 6.06. The molecule has 0 aliphatic rings. The molecule has 0 saturated heterocycles. The fourth-order valence-electron chi connectivity index (χ4n) is 2.19. The van der Waals surface area contributed by atoms with Crippen molar-refractivity contribution in [3.63, 3.8) is 0 Å². The normalized spacial score (nSPS) is 12.3. The number of carboxylic acid groups (broad SMARTS) is 1. The zero-order chi connectivity index (χ0) is 15.4. The van der Waals surface area contributed by atoms with E-state index >= 15 is 0 Å². The average molecular weight is 289 g/mol. The summed E-state index contributed by atoms with van der Waals surface area (Å²) in [5.41, 5.74) is 2.30. The lowest BCUT2D eigenvalue weighted by Gasteiger charge is -2.12. The fraction of sp³-hybridized carbons (Fsp3) is 0.375. The molecule has 1 aromatic heterocycles. The second-order valence-corrected chi connectivity index (χ2v) is 5.14. The van der Waals surface area contributed by atoms with Crippen LogP contribution in [-0.2, 0) is 11.2 Å². The van der Waals surface area contributed by atoms with E-state index in [0.29, 0.717) is 17.6 Å². The summed E-state index contributed by atoms with van der Waals surface area (Å²) in [4.78, 5) is 22.8. The molecule has 0 aliphatic carbocycles. The number of hydrogen-bond acceptors (Lipinski definition) is 3. The van der Waals surface area contributed by atoms with Gasteiger partial charge in [-0.05, 0) is 37.5 Å². The number of carboxylic acids is 1. The first-order valence-corrected chi connectivity index (χ1v) is 7.04. The molecule has 1 heterocycles. The maximum atomic E-state index is 12.3. The van der Waals surface area contributed by atoms with Gasteiger partial charge in [0.05, 0.1) is 5.56 Å². The minimum absolute atomic E-state index is 0.0353. The molecule has 2 aromatic rings. The zero-order valence-corrected chi connectivity index (χ0v) is 12.2. The van der Waals surface area contributed by atoms with Crippen LogP contribution in [0.25, 0.3) is 11.0 Å². The second kappa shape index (κ2) is 6.43. The lowest BCUT2D eigenvalue weighted by atomic mass is 10.1. The number of amides is 1. The minimum Gasteiger partial charge on any atom is -0.481 e. The standard InChI is InChI=1S/C16H19NO4/c1-3-11-5-6-14-12(8-11)13(9-21-14)16(20)17-10(2)4-7-15(18)19/h5-6,8-10H,3-4,7H2,1-2H3,(H,17,20)(H,18,19). The van der Waals surface area contributed by atoms with Crippen LogP contribution in [0.5, 0.6) is 0 Å². The van der Waals surface area contributed by atoms with E-state index in [0.717, 1.165) is 17.4 Å². The van der Waals surface area contributed by atoms with Gasteiger partial charge >= 0.3 is 5.97 Å². The highest BCUT2D eigenvalue weighted by Crippen LogP contribution is 2.23. The summed E-state index contributed by atoms with van der Waals surface area (Å²) in [5, 5.41) is 12.2. The molecule has 0 radical (unpaired) electrons. The predicted molar refractivity (Wildman–Crippen MR) is 79.4 cm³/mol. The molecule has 1 aromatic carbocycles. The second-order valence-electron chi connectivity index (χ2n) is 5.14. The monoisotopic (exact) mass is 289 g/mol. The Morgan fingerprint density at radius 2 is 2.14 bits per heavy atom. The van der Waals surface area contributed by atoms with E-state index in [-0.39, 0.29) is 18.4 Å². The number of aliphatic carboxylic acids is 1. The molecule has 1 atom stereocenters. The van der Waals surface area contributed by atoms with Gasteiger partial charge in [0.15, 0.2) is 0 Å². The number of benzene rings is 1. The molecule has 0 aliphatic heterocycles. The first-order chi connectivity index (χ1) is 10.0. The van der Waals surface area contributed by atoms with Gasteiger partial charge < -0.3 is 14.8 Å². The molecule has 0 saturated carbocycles. The smallest absolute Gasteiger partial charge is 0.303 e. The molecule has 21 heavy (non-hydrogen) atoms. The molecule has 0 bridgehead atoms. The number of rotatable bonds is 6. The third kappa shape index (κ3) is 3.62. The third-order valence-corrected chi connectivity index (χ3v) is 3.46. The number of furan rings is 1. The first-order valence-electron chi connectivity index (χ1n) is 7.04. The van der Waals surface area contributed by atoms with E-state index in [1.165, 1.54) is 6.26 Å². The Labute approximate surface area is 122 Å². The largest absolute Gasteiger partial charge is 0.481 e. The Balaban J connectivity index is 2.13. The van der Waals surface area contributed by atoms with Gasteiger partial charge in [-0.1, -0.05) is 13.0 Å². The summed E-state index contributed by atoms with van der Waals surface area (Å²) < 4.78 is 5.39. The van der Waals surface area contributed by atoms with Crippen molar-refractivity contribution in [2.24, 2.45) is 0 Å². The van der Waals surface area contributed by atoms with Crippen molar-refractivity contribution in [1.29, 1.82) is 0 Å². The maximum Gasteiger partial charge on any atom is 0.303 e. The number of nitrogens with one attached hydrogen (secondary N) is 1. The summed E-state index contributed by atoms with van der Waals surface area (Å²) in [5.74, 6) is -1.10. The van der Waals surface area contributed by atoms with Crippen LogP contribution in [0.15, 0.2) is 28.9 Å². The molecule has 112 valence electrons. The summed E-state index contributed by atoms with van der Waals surface area (Å²) in [6.45, 7) is 3.84. The molecule has 1 unspecified atom stereocenters. The van der Waals surface area contributed by atoms with Gasteiger partial charge in [0, 0.05) is 17.8 Å². The van der Waals surface area contributed by atoms with E-state index < -0.39 is 5.97 Å². The van der Waals surface area contributed by atoms with Crippen LogP contribution in [0, 0.1) is 0 Å². The van der Waals surface area contributed by atoms with Crippen molar-refractivity contribution in [2.75, 3.05) is 0 Å². The maximum absolute atomic E-state index is 12.3. The van der Waals surface area contributed by atoms with E-state index in [1.54, 1.807) is 6.92 Å². The predicted octanol–water partition coefficient (Wildman–Crippen LogP) is 2.98. The van der Waals surface area contributed by atoms with Gasteiger partial charge in [0.2, 0.25) is 0 Å². The average Bonchev–Trinajstić information content (AvgIpc) is 2.87. The van der Waals surface area contributed by atoms with Gasteiger partial charge in [-0.15, -0.1) is 0 Å². The Kier molecular flexibility index (Phi) is 4.62. The lowest BCUT2D eigenvalue weighted by Crippen LogP contribution is -2.32. The van der Waals surface area contributed by atoms with Crippen LogP contribution in [-0.4, -0.2) is 23.0 Å². The Hall–Kier alpha value is -2.30. The van der Waals surface area contributed by atoms with Gasteiger partial charge in [0.1, 0.15) is 11.8 Å². The summed E-state index contributed by atoms with van der Waals surface area (Å²) in [6.07, 6.45) is 2.77. The Morgan fingerprint density at radius 3 is 2.81 bits per heavy atom. The van der Waals surface area contributed by atoms with Crippen LogP contribution < -0.4 is 5.32 Å². The van der Waals surface area contributed by atoms with Gasteiger partial charge in [-0.2, -0.15) is 0 Å². The molecule has 0 fully saturated rings. The van der Waals surface area contributed by atoms with Crippen LogP contribution in [0.2, 0.25) is 0 Å². The van der Waals surface area contributed by atoms with Gasteiger partial charge in [-0.25, -0.2) is 0 Å². The number of carbonyl (C=O) groups excluding carboxylic acids is 1. The Morgan fingerprint density at radius 1 is 1.38 bits per heavy atom. The SMILES string of the molecule is CCc1ccc2occ(C(=O)NC(C)CCC(=O)O)c2c1. The number of hydrogen-bond donors (Lipinski definition) is 2. The molecule has 5 nitrogen and oxygen atoms in total. The highest BCUT2D eigenvalue weighted by atomic mass is 16.4. The minimum atomic E-state index is -0.863. The molecule has 1 amide bonds. The molecule has 2 rings (SSSR count). The first kappa shape index (κ1) is 15.1. The molecular weight excluding hydrogens is 270 g/mol. The van der Waals surface area contributed by atoms with E-state index in [1.807, 2.05) is 18.2 Å². The molecular formula is C16H19NO4. The van der Waals surface area contributed by atoms with E-state index in [4.69, 9.17) is 9.52 Å².